The number of nitrogens with one attached hydrogen (secondary N) is 1. The van der Waals surface area contributed by atoms with Crippen LogP contribution in [0.2, 0.25) is 0 Å². The van der Waals surface area contributed by atoms with Gasteiger partial charge in [0.15, 0.2) is 0 Å². The molecular formula is C20H25NO. The normalized spacial score (nSPS) is 19.0. The van der Waals surface area contributed by atoms with Crippen LogP contribution in [-0.2, 0) is 6.42 Å². The fourth-order valence-corrected chi connectivity index (χ4v) is 3.12. The Morgan fingerprint density at radius 3 is 2.55 bits per heavy atom. The first-order valence-corrected chi connectivity index (χ1v) is 8.32. The second-order valence-corrected chi connectivity index (χ2v) is 6.20. The summed E-state index contributed by atoms with van der Waals surface area (Å²) in [5.41, 5.74) is 2.66. The molecule has 1 heterocycles. The molecule has 1 unspecified atom stereocenters. The van der Waals surface area contributed by atoms with E-state index in [0.29, 0.717) is 6.04 Å². The smallest absolute Gasteiger partial charge is 0.119 e. The topological polar surface area (TPSA) is 21.3 Å². The summed E-state index contributed by atoms with van der Waals surface area (Å²) >= 11 is 0. The van der Waals surface area contributed by atoms with Crippen LogP contribution in [0.5, 0.6) is 5.75 Å². The van der Waals surface area contributed by atoms with Gasteiger partial charge in [0, 0.05) is 6.04 Å². The van der Waals surface area contributed by atoms with Crippen molar-refractivity contribution < 1.29 is 4.74 Å². The maximum absolute atomic E-state index is 6.31. The van der Waals surface area contributed by atoms with Crippen LogP contribution in [0.3, 0.4) is 0 Å². The Hall–Kier alpha value is -1.80. The third-order valence-corrected chi connectivity index (χ3v) is 4.42. The molecular weight excluding hydrogens is 270 g/mol. The summed E-state index contributed by atoms with van der Waals surface area (Å²) in [6, 6.07) is 19.6. The Labute approximate surface area is 133 Å². The van der Waals surface area contributed by atoms with Crippen LogP contribution in [0.1, 0.15) is 30.4 Å². The predicted octanol–water partition coefficient (Wildman–Crippen LogP) is 4.13. The summed E-state index contributed by atoms with van der Waals surface area (Å²) in [4.78, 5) is 0. The van der Waals surface area contributed by atoms with Crippen molar-refractivity contribution in [2.24, 2.45) is 0 Å². The van der Waals surface area contributed by atoms with Crippen LogP contribution in [0.25, 0.3) is 0 Å². The fourth-order valence-electron chi connectivity index (χ4n) is 3.12. The molecule has 0 aliphatic carbocycles. The number of hydrogen-bond acceptors (Lipinski definition) is 2. The minimum atomic E-state index is 0.241. The SMILES string of the molecule is Cc1ccc(OC(CCc2ccccc2)[C@@H]2CCCN2)cc1. The van der Waals surface area contributed by atoms with Gasteiger partial charge < -0.3 is 10.1 Å². The van der Waals surface area contributed by atoms with Crippen LogP contribution >= 0.6 is 0 Å². The molecule has 0 spiro atoms. The zero-order chi connectivity index (χ0) is 15.2. The van der Waals surface area contributed by atoms with E-state index >= 15 is 0 Å². The van der Waals surface area contributed by atoms with Gasteiger partial charge in [-0.3, -0.25) is 0 Å². The summed E-state index contributed by atoms with van der Waals surface area (Å²) < 4.78 is 6.31. The molecule has 2 nitrogen and oxygen atoms in total. The van der Waals surface area contributed by atoms with Crippen molar-refractivity contribution in [1.82, 2.24) is 5.32 Å². The van der Waals surface area contributed by atoms with Crippen LogP contribution in [0.4, 0.5) is 0 Å². The zero-order valence-electron chi connectivity index (χ0n) is 13.3. The molecule has 22 heavy (non-hydrogen) atoms. The summed E-state index contributed by atoms with van der Waals surface area (Å²) in [6.45, 7) is 3.22. The molecule has 0 aromatic heterocycles. The van der Waals surface area contributed by atoms with E-state index in [1.54, 1.807) is 0 Å². The fraction of sp³-hybridized carbons (Fsp3) is 0.400. The molecule has 2 aromatic carbocycles. The third-order valence-electron chi connectivity index (χ3n) is 4.42. The van der Waals surface area contributed by atoms with Gasteiger partial charge in [0.05, 0.1) is 0 Å². The van der Waals surface area contributed by atoms with E-state index in [-0.39, 0.29) is 6.10 Å². The molecule has 0 radical (unpaired) electrons. The zero-order valence-corrected chi connectivity index (χ0v) is 13.3. The molecule has 1 saturated heterocycles. The molecule has 1 N–H and O–H groups in total. The molecule has 0 amide bonds. The molecule has 1 fully saturated rings. The minimum absolute atomic E-state index is 0.241. The van der Waals surface area contributed by atoms with E-state index in [0.717, 1.165) is 25.1 Å². The first-order valence-electron chi connectivity index (χ1n) is 8.32. The Balaban J connectivity index is 1.65. The maximum Gasteiger partial charge on any atom is 0.119 e. The lowest BCUT2D eigenvalue weighted by Crippen LogP contribution is -2.39. The number of aryl methyl sites for hydroxylation is 2. The second kappa shape index (κ2) is 7.46. The third kappa shape index (κ3) is 4.11. The summed E-state index contributed by atoms with van der Waals surface area (Å²) in [6.07, 6.45) is 4.82. The van der Waals surface area contributed by atoms with Gasteiger partial charge in [0.1, 0.15) is 11.9 Å². The largest absolute Gasteiger partial charge is 0.489 e. The van der Waals surface area contributed by atoms with E-state index < -0.39 is 0 Å². The Kier molecular flexibility index (Phi) is 5.12. The van der Waals surface area contributed by atoms with Crippen molar-refractivity contribution in [2.45, 2.75) is 44.8 Å². The molecule has 2 aromatic rings. The van der Waals surface area contributed by atoms with Gasteiger partial charge in [0.2, 0.25) is 0 Å². The summed E-state index contributed by atoms with van der Waals surface area (Å²) in [5.74, 6) is 0.984. The molecule has 1 aliphatic heterocycles. The number of ether oxygens (including phenoxy) is 1. The van der Waals surface area contributed by atoms with Gasteiger partial charge in [0.25, 0.3) is 0 Å². The van der Waals surface area contributed by atoms with Crippen LogP contribution in [-0.4, -0.2) is 18.7 Å². The first-order chi connectivity index (χ1) is 10.8. The molecule has 2 atom stereocenters. The predicted molar refractivity (Wildman–Crippen MR) is 91.4 cm³/mol. The first kappa shape index (κ1) is 15.1. The molecule has 3 rings (SSSR count). The average Bonchev–Trinajstić information content (AvgIpc) is 3.08. The van der Waals surface area contributed by atoms with E-state index in [9.17, 15) is 0 Å². The minimum Gasteiger partial charge on any atom is -0.489 e. The maximum atomic E-state index is 6.31. The second-order valence-electron chi connectivity index (χ2n) is 6.20. The van der Waals surface area contributed by atoms with Crippen molar-refractivity contribution in [3.8, 4) is 5.75 Å². The van der Waals surface area contributed by atoms with Crippen LogP contribution < -0.4 is 10.1 Å². The number of benzene rings is 2. The number of hydrogen-bond donors (Lipinski definition) is 1. The lowest BCUT2D eigenvalue weighted by atomic mass is 10.0. The van der Waals surface area contributed by atoms with Gasteiger partial charge in [-0.2, -0.15) is 0 Å². The van der Waals surface area contributed by atoms with Crippen molar-refractivity contribution in [3.05, 3.63) is 65.7 Å². The van der Waals surface area contributed by atoms with Crippen molar-refractivity contribution in [1.29, 1.82) is 0 Å². The van der Waals surface area contributed by atoms with Gasteiger partial charge in [-0.1, -0.05) is 48.0 Å². The van der Waals surface area contributed by atoms with E-state index in [1.165, 1.54) is 24.0 Å². The molecule has 0 bridgehead atoms. The van der Waals surface area contributed by atoms with Crippen LogP contribution in [0.15, 0.2) is 54.6 Å². The highest BCUT2D eigenvalue weighted by Crippen LogP contribution is 2.21. The standard InChI is InChI=1S/C20H25NO/c1-16-9-12-18(13-10-16)22-20(19-8-5-15-21-19)14-11-17-6-3-2-4-7-17/h2-4,6-7,9-10,12-13,19-21H,5,8,11,14-15H2,1H3/t19-,20?/m0/s1. The summed E-state index contributed by atoms with van der Waals surface area (Å²) in [5, 5.41) is 3.60. The Bertz CT molecular complexity index is 558. The highest BCUT2D eigenvalue weighted by atomic mass is 16.5. The Morgan fingerprint density at radius 2 is 1.86 bits per heavy atom. The van der Waals surface area contributed by atoms with Gasteiger partial charge in [-0.05, 0) is 56.8 Å². The monoisotopic (exact) mass is 295 g/mol. The van der Waals surface area contributed by atoms with Gasteiger partial charge in [-0.25, -0.2) is 0 Å². The average molecular weight is 295 g/mol. The highest BCUT2D eigenvalue weighted by molar-refractivity contribution is 5.26. The quantitative estimate of drug-likeness (QED) is 0.865. The lowest BCUT2D eigenvalue weighted by Gasteiger charge is -2.25. The molecule has 2 heteroatoms. The van der Waals surface area contributed by atoms with Crippen molar-refractivity contribution >= 4 is 0 Å². The summed E-state index contributed by atoms with van der Waals surface area (Å²) in [7, 11) is 0. The van der Waals surface area contributed by atoms with Crippen molar-refractivity contribution in [2.75, 3.05) is 6.54 Å². The van der Waals surface area contributed by atoms with E-state index in [4.69, 9.17) is 4.74 Å². The molecule has 1 aliphatic rings. The Morgan fingerprint density at radius 1 is 1.09 bits per heavy atom. The molecule has 116 valence electrons. The van der Waals surface area contributed by atoms with E-state index in [2.05, 4.69) is 66.8 Å². The van der Waals surface area contributed by atoms with Crippen molar-refractivity contribution in [3.63, 3.8) is 0 Å². The highest BCUT2D eigenvalue weighted by Gasteiger charge is 2.26. The lowest BCUT2D eigenvalue weighted by molar-refractivity contribution is 0.152. The van der Waals surface area contributed by atoms with E-state index in [1.807, 2.05) is 0 Å². The van der Waals surface area contributed by atoms with Gasteiger partial charge in [-0.15, -0.1) is 0 Å². The number of rotatable bonds is 6. The van der Waals surface area contributed by atoms with Gasteiger partial charge >= 0.3 is 0 Å². The molecule has 0 saturated carbocycles. The van der Waals surface area contributed by atoms with Crippen LogP contribution in [0, 0.1) is 6.92 Å².